The molecule has 0 fully saturated rings. The van der Waals surface area contributed by atoms with Gasteiger partial charge in [-0.3, -0.25) is 4.99 Å². The van der Waals surface area contributed by atoms with E-state index >= 15 is 0 Å². The molecule has 0 bridgehead atoms. The van der Waals surface area contributed by atoms with Gasteiger partial charge in [0, 0.05) is 12.8 Å². The van der Waals surface area contributed by atoms with E-state index in [1.165, 1.54) is 0 Å². The molecule has 1 nitrogen and oxygen atoms in total. The van der Waals surface area contributed by atoms with Crippen LogP contribution in [0.4, 0.5) is 0 Å². The number of allylic oxidation sites excluding steroid dienone is 2. The van der Waals surface area contributed by atoms with Crippen molar-refractivity contribution < 1.29 is 0 Å². The first kappa shape index (κ1) is 10.4. The van der Waals surface area contributed by atoms with Crippen molar-refractivity contribution in [3.8, 4) is 0 Å². The highest BCUT2D eigenvalue weighted by Crippen LogP contribution is 1.98. The average Bonchev–Trinajstić information content (AvgIpc) is 1.96. The summed E-state index contributed by atoms with van der Waals surface area (Å²) in [5.74, 6) is 0.755. The van der Waals surface area contributed by atoms with Crippen LogP contribution >= 0.6 is 0 Å². The van der Waals surface area contributed by atoms with E-state index < -0.39 is 0 Å². The lowest BCUT2D eigenvalue weighted by Gasteiger charge is -1.94. The second kappa shape index (κ2) is 7.52. The summed E-state index contributed by atoms with van der Waals surface area (Å²) >= 11 is 0. The summed E-state index contributed by atoms with van der Waals surface area (Å²) in [5, 5.41) is 0. The molecule has 0 saturated heterocycles. The van der Waals surface area contributed by atoms with Crippen LogP contribution in [0.25, 0.3) is 0 Å². The van der Waals surface area contributed by atoms with Crippen LogP contribution in [0.2, 0.25) is 0 Å². The van der Waals surface area contributed by atoms with E-state index in [1.807, 2.05) is 12.3 Å². The lowest BCUT2D eigenvalue weighted by molar-refractivity contribution is 0.664. The van der Waals surface area contributed by atoms with Crippen molar-refractivity contribution in [1.82, 2.24) is 0 Å². The minimum absolute atomic E-state index is 0.755. The van der Waals surface area contributed by atoms with Gasteiger partial charge >= 0.3 is 0 Å². The first-order chi connectivity index (χ1) is 5.27. The van der Waals surface area contributed by atoms with E-state index in [0.29, 0.717) is 0 Å². The lowest BCUT2D eigenvalue weighted by atomic mass is 10.1. The number of hydrogen-bond acceptors (Lipinski definition) is 1. The summed E-state index contributed by atoms with van der Waals surface area (Å²) in [4.78, 5) is 4.17. The van der Waals surface area contributed by atoms with E-state index in [2.05, 4.69) is 31.8 Å². The lowest BCUT2D eigenvalue weighted by Crippen LogP contribution is -1.81. The van der Waals surface area contributed by atoms with Crippen molar-refractivity contribution >= 4 is 6.21 Å². The van der Waals surface area contributed by atoms with E-state index in [1.54, 1.807) is 0 Å². The number of nitrogens with zero attached hydrogens (tertiary/aromatic N) is 1. The molecule has 0 aliphatic rings. The molecular formula is C10H19N. The highest BCUT2D eigenvalue weighted by molar-refractivity contribution is 5.70. The van der Waals surface area contributed by atoms with Crippen LogP contribution in [0.5, 0.6) is 0 Å². The molecule has 0 heterocycles. The summed E-state index contributed by atoms with van der Waals surface area (Å²) in [7, 11) is 0. The van der Waals surface area contributed by atoms with E-state index in [0.717, 1.165) is 25.3 Å². The second-order valence-corrected chi connectivity index (χ2v) is 3.11. The topological polar surface area (TPSA) is 12.4 Å². The Hall–Kier alpha value is -0.590. The summed E-state index contributed by atoms with van der Waals surface area (Å²) in [6.45, 7) is 7.52. The van der Waals surface area contributed by atoms with Gasteiger partial charge in [-0.2, -0.15) is 0 Å². The number of aliphatic imine (C=N–C) groups is 1. The Labute approximate surface area is 70.2 Å². The van der Waals surface area contributed by atoms with Crippen molar-refractivity contribution in [1.29, 1.82) is 0 Å². The van der Waals surface area contributed by atoms with Crippen LogP contribution in [0.1, 0.15) is 33.6 Å². The molecule has 0 aliphatic heterocycles. The summed E-state index contributed by atoms with van der Waals surface area (Å²) < 4.78 is 0. The smallest absolute Gasteiger partial charge is 0.0386 e. The first-order valence-electron chi connectivity index (χ1n) is 4.42. The molecule has 0 N–H and O–H groups in total. The average molecular weight is 153 g/mol. The van der Waals surface area contributed by atoms with Crippen LogP contribution in [0.15, 0.2) is 17.1 Å². The Morgan fingerprint density at radius 3 is 2.64 bits per heavy atom. The summed E-state index contributed by atoms with van der Waals surface area (Å²) in [6.07, 6.45) is 8.39. The van der Waals surface area contributed by atoms with Crippen molar-refractivity contribution in [2.45, 2.75) is 33.6 Å². The van der Waals surface area contributed by atoms with Gasteiger partial charge in [0.1, 0.15) is 0 Å². The van der Waals surface area contributed by atoms with Crippen LogP contribution in [-0.4, -0.2) is 12.8 Å². The quantitative estimate of drug-likeness (QED) is 0.538. The first-order valence-corrected chi connectivity index (χ1v) is 4.42. The third kappa shape index (κ3) is 9.41. The van der Waals surface area contributed by atoms with Gasteiger partial charge in [-0.05, 0) is 24.8 Å². The Morgan fingerprint density at radius 2 is 2.09 bits per heavy atom. The van der Waals surface area contributed by atoms with Crippen LogP contribution in [0.3, 0.4) is 0 Å². The van der Waals surface area contributed by atoms with Gasteiger partial charge in [-0.25, -0.2) is 0 Å². The van der Waals surface area contributed by atoms with Crippen molar-refractivity contribution in [3.05, 3.63) is 12.2 Å². The molecule has 0 unspecified atom stereocenters. The zero-order valence-electron chi connectivity index (χ0n) is 7.88. The van der Waals surface area contributed by atoms with Crippen LogP contribution in [-0.2, 0) is 0 Å². The van der Waals surface area contributed by atoms with Crippen LogP contribution in [0, 0.1) is 5.92 Å². The third-order valence-corrected chi connectivity index (χ3v) is 1.29. The minimum Gasteiger partial charge on any atom is -0.293 e. The predicted octanol–water partition coefficient (Wildman–Crippen LogP) is 3.07. The van der Waals surface area contributed by atoms with Gasteiger partial charge in [0.2, 0.25) is 0 Å². The van der Waals surface area contributed by atoms with Crippen LogP contribution < -0.4 is 0 Å². The van der Waals surface area contributed by atoms with E-state index in [-0.39, 0.29) is 0 Å². The van der Waals surface area contributed by atoms with E-state index in [4.69, 9.17) is 0 Å². The molecule has 64 valence electrons. The van der Waals surface area contributed by atoms with Crippen molar-refractivity contribution in [2.24, 2.45) is 10.9 Å². The number of hydrogen-bond donors (Lipinski definition) is 0. The van der Waals surface area contributed by atoms with Gasteiger partial charge in [0.15, 0.2) is 0 Å². The van der Waals surface area contributed by atoms with Gasteiger partial charge in [-0.15, -0.1) is 0 Å². The number of rotatable bonds is 5. The monoisotopic (exact) mass is 153 g/mol. The standard InChI is InChI=1S/C10H19N/c1-4-8-11-9-6-5-7-10(2)3/h5-6,9-10H,4,7-8H2,1-3H3/b6-5+,11-9?. The largest absolute Gasteiger partial charge is 0.293 e. The van der Waals surface area contributed by atoms with Gasteiger partial charge in [0.25, 0.3) is 0 Å². The van der Waals surface area contributed by atoms with Crippen molar-refractivity contribution in [2.75, 3.05) is 6.54 Å². The maximum atomic E-state index is 4.17. The summed E-state index contributed by atoms with van der Waals surface area (Å²) in [5.41, 5.74) is 0. The Kier molecular flexibility index (Phi) is 7.11. The van der Waals surface area contributed by atoms with Crippen molar-refractivity contribution in [3.63, 3.8) is 0 Å². The van der Waals surface area contributed by atoms with Gasteiger partial charge < -0.3 is 0 Å². The Balaban J connectivity index is 3.28. The molecule has 1 heteroatoms. The summed E-state index contributed by atoms with van der Waals surface area (Å²) in [6, 6.07) is 0. The second-order valence-electron chi connectivity index (χ2n) is 3.11. The molecule has 0 amide bonds. The molecule has 11 heavy (non-hydrogen) atoms. The van der Waals surface area contributed by atoms with Gasteiger partial charge in [0.05, 0.1) is 0 Å². The van der Waals surface area contributed by atoms with Gasteiger partial charge in [-0.1, -0.05) is 26.8 Å². The maximum Gasteiger partial charge on any atom is 0.0386 e. The third-order valence-electron chi connectivity index (χ3n) is 1.29. The molecule has 0 aromatic carbocycles. The fourth-order valence-electron chi connectivity index (χ4n) is 0.676. The fraction of sp³-hybridized carbons (Fsp3) is 0.700. The molecule has 0 spiro atoms. The Bertz CT molecular complexity index is 123. The normalized spacial score (nSPS) is 12.4. The zero-order valence-corrected chi connectivity index (χ0v) is 7.88. The molecule has 0 rings (SSSR count). The SMILES string of the molecule is CCCN=C/C=C/CC(C)C. The molecule has 0 atom stereocenters. The zero-order chi connectivity index (χ0) is 8.53. The molecule has 0 saturated carbocycles. The molecule has 0 radical (unpaired) electrons. The highest BCUT2D eigenvalue weighted by atomic mass is 14.7. The molecule has 0 aromatic rings. The van der Waals surface area contributed by atoms with E-state index in [9.17, 15) is 0 Å². The molecule has 0 aromatic heterocycles. The molecular weight excluding hydrogens is 134 g/mol. The maximum absolute atomic E-state index is 4.17. The minimum atomic E-state index is 0.755. The fourth-order valence-corrected chi connectivity index (χ4v) is 0.676. The molecule has 0 aliphatic carbocycles. The Morgan fingerprint density at radius 1 is 1.36 bits per heavy atom. The highest BCUT2D eigenvalue weighted by Gasteiger charge is 1.84. The predicted molar refractivity (Wildman–Crippen MR) is 52.2 cm³/mol.